The number of aryl methyl sites for hydroxylation is 1. The zero-order chi connectivity index (χ0) is 36.7. The van der Waals surface area contributed by atoms with E-state index in [1.807, 2.05) is 32.9 Å². The van der Waals surface area contributed by atoms with Gasteiger partial charge in [-0.1, -0.05) is 76.3 Å². The third-order valence-corrected chi connectivity index (χ3v) is 11.5. The molecule has 272 valence electrons. The van der Waals surface area contributed by atoms with Gasteiger partial charge in [0, 0.05) is 40.1 Å². The number of unbranched alkanes of at least 4 members (excludes halogenated alkanes) is 11. The van der Waals surface area contributed by atoms with Gasteiger partial charge in [0.25, 0.3) is 5.91 Å². The minimum absolute atomic E-state index is 0.0818. The topological polar surface area (TPSA) is 96.0 Å². The molecule has 0 unspecified atom stereocenters. The molecule has 2 aromatic carbocycles. The van der Waals surface area contributed by atoms with Crippen molar-refractivity contribution in [1.29, 1.82) is 0 Å². The van der Waals surface area contributed by atoms with Gasteiger partial charge in [-0.2, -0.15) is 0 Å². The third kappa shape index (κ3) is 14.9. The molecule has 0 saturated carbocycles. The van der Waals surface area contributed by atoms with Crippen LogP contribution in [0.25, 0.3) is 0 Å². The highest BCUT2D eigenvalue weighted by Crippen LogP contribution is 2.42. The number of amides is 3. The maximum Gasteiger partial charge on any atom is 0.306 e. The van der Waals surface area contributed by atoms with Crippen LogP contribution in [0.3, 0.4) is 0 Å². The Morgan fingerprint density at radius 1 is 0.653 bits per heavy atom. The Hall–Kier alpha value is -1.49. The van der Waals surface area contributed by atoms with Crippen molar-refractivity contribution >= 4 is 109 Å². The van der Waals surface area contributed by atoms with Crippen LogP contribution in [0.4, 0.5) is 17.1 Å². The summed E-state index contributed by atoms with van der Waals surface area (Å²) < 4.78 is 7.41. The molecule has 1 N–H and O–H groups in total. The molecule has 0 aliphatic carbocycles. The monoisotopic (exact) mass is 1010 g/mol. The molecular weight excluding hydrogens is 959 g/mol. The van der Waals surface area contributed by atoms with Crippen LogP contribution in [0.5, 0.6) is 0 Å². The van der Waals surface area contributed by atoms with Crippen molar-refractivity contribution in [1.82, 2.24) is 0 Å². The van der Waals surface area contributed by atoms with Crippen molar-refractivity contribution in [2.24, 2.45) is 0 Å². The van der Waals surface area contributed by atoms with E-state index in [0.717, 1.165) is 29.3 Å². The fourth-order valence-electron chi connectivity index (χ4n) is 5.45. The number of carbonyl (C=O) groups excluding carboxylic acids is 4. The van der Waals surface area contributed by atoms with E-state index in [9.17, 15) is 19.2 Å². The van der Waals surface area contributed by atoms with E-state index in [0.29, 0.717) is 36.2 Å². The van der Waals surface area contributed by atoms with Gasteiger partial charge in [0.1, 0.15) is 5.60 Å². The molecule has 8 nitrogen and oxygen atoms in total. The first-order chi connectivity index (χ1) is 23.0. The van der Waals surface area contributed by atoms with Crippen molar-refractivity contribution < 1.29 is 23.9 Å². The summed E-state index contributed by atoms with van der Waals surface area (Å²) >= 11 is 6.40. The first-order valence-electron chi connectivity index (χ1n) is 17.4. The summed E-state index contributed by atoms with van der Waals surface area (Å²) in [5.41, 5.74) is 3.21. The van der Waals surface area contributed by atoms with Crippen molar-refractivity contribution in [3.63, 3.8) is 0 Å². The fourth-order valence-corrected chi connectivity index (χ4v) is 10.6. The summed E-state index contributed by atoms with van der Waals surface area (Å²) in [5, 5.41) is 3.03. The van der Waals surface area contributed by atoms with E-state index < -0.39 is 0 Å². The highest BCUT2D eigenvalue weighted by molar-refractivity contribution is 14.1. The normalized spacial score (nSPS) is 11.3. The van der Waals surface area contributed by atoms with Crippen LogP contribution in [-0.4, -0.2) is 43.4 Å². The maximum atomic E-state index is 13.7. The Labute approximate surface area is 335 Å². The van der Waals surface area contributed by atoms with Gasteiger partial charge in [0.2, 0.25) is 11.8 Å². The molecule has 0 aromatic heterocycles. The lowest BCUT2D eigenvalue weighted by Gasteiger charge is -2.27. The quantitative estimate of drug-likeness (QED) is 0.0859. The lowest BCUT2D eigenvalue weighted by molar-refractivity contribution is -0.155. The number of rotatable bonds is 19. The molecule has 11 heteroatoms. The van der Waals surface area contributed by atoms with Gasteiger partial charge in [-0.3, -0.25) is 19.2 Å². The minimum atomic E-state index is -0.389. The van der Waals surface area contributed by atoms with Gasteiger partial charge in [0.15, 0.2) is 0 Å². The second-order valence-corrected chi connectivity index (χ2v) is 16.9. The van der Waals surface area contributed by atoms with Gasteiger partial charge in [0.05, 0.1) is 27.6 Å². The molecule has 0 aliphatic rings. The van der Waals surface area contributed by atoms with Gasteiger partial charge >= 0.3 is 5.97 Å². The molecule has 0 spiro atoms. The Morgan fingerprint density at radius 3 is 1.47 bits per heavy atom. The van der Waals surface area contributed by atoms with Crippen molar-refractivity contribution in [2.45, 2.75) is 130 Å². The Kier molecular flexibility index (Phi) is 19.4. The number of anilines is 3. The SMILES string of the molecule is CC(=O)N(C)c1c(I)c(C(=O)Nc2ccc(CCCCCCCCCCCCCCC(=O)OC(C)(C)C)cc2)c(I)c(N(C)C(C)=O)c1I. The van der Waals surface area contributed by atoms with E-state index in [1.165, 1.54) is 87.0 Å². The van der Waals surface area contributed by atoms with Crippen molar-refractivity contribution in [3.05, 3.63) is 46.1 Å². The van der Waals surface area contributed by atoms with Crippen LogP contribution in [0.2, 0.25) is 0 Å². The zero-order valence-electron chi connectivity index (χ0n) is 30.3. The molecule has 0 bridgehead atoms. The number of ether oxygens (including phenoxy) is 1. The number of hydrogen-bond donors (Lipinski definition) is 1. The number of esters is 1. The lowest BCUT2D eigenvalue weighted by atomic mass is 10.0. The summed E-state index contributed by atoms with van der Waals surface area (Å²) in [6, 6.07) is 8.01. The Bertz CT molecular complexity index is 1380. The number of benzene rings is 2. The van der Waals surface area contributed by atoms with E-state index in [2.05, 4.69) is 85.2 Å². The second-order valence-electron chi connectivity index (χ2n) is 13.7. The number of nitrogens with one attached hydrogen (secondary N) is 1. The van der Waals surface area contributed by atoms with E-state index in [1.54, 1.807) is 14.1 Å². The summed E-state index contributed by atoms with van der Waals surface area (Å²) in [5.74, 6) is -0.697. The number of hydrogen-bond acceptors (Lipinski definition) is 5. The second kappa shape index (κ2) is 21.8. The molecule has 0 radical (unpaired) electrons. The Morgan fingerprint density at radius 2 is 1.06 bits per heavy atom. The third-order valence-electron chi connectivity index (χ3n) is 8.34. The molecule has 2 aromatic rings. The smallest absolute Gasteiger partial charge is 0.306 e. The van der Waals surface area contributed by atoms with Gasteiger partial charge < -0.3 is 19.9 Å². The van der Waals surface area contributed by atoms with E-state index >= 15 is 0 Å². The van der Waals surface area contributed by atoms with Gasteiger partial charge in [-0.25, -0.2) is 0 Å². The van der Waals surface area contributed by atoms with Crippen molar-refractivity contribution in [3.8, 4) is 0 Å². The van der Waals surface area contributed by atoms with Crippen LogP contribution in [-0.2, 0) is 25.5 Å². The number of nitrogens with zero attached hydrogens (tertiary/aromatic N) is 2. The summed E-state index contributed by atoms with van der Waals surface area (Å²) in [6.45, 7) is 8.69. The number of halogens is 3. The molecule has 2 rings (SSSR count). The van der Waals surface area contributed by atoms with Crippen molar-refractivity contribution in [2.75, 3.05) is 29.2 Å². The predicted octanol–water partition coefficient (Wildman–Crippen LogP) is 10.7. The first-order valence-corrected chi connectivity index (χ1v) is 20.6. The molecule has 3 amide bonds. The minimum Gasteiger partial charge on any atom is -0.460 e. The Balaban J connectivity index is 1.75. The molecule has 0 heterocycles. The largest absolute Gasteiger partial charge is 0.460 e. The average molecular weight is 1010 g/mol. The van der Waals surface area contributed by atoms with Crippen LogP contribution in [0.15, 0.2) is 24.3 Å². The van der Waals surface area contributed by atoms with E-state index in [-0.39, 0.29) is 29.3 Å². The van der Waals surface area contributed by atoms with Gasteiger partial charge in [-0.15, -0.1) is 0 Å². The van der Waals surface area contributed by atoms with E-state index in [4.69, 9.17) is 4.74 Å². The molecule has 0 saturated heterocycles. The summed E-state index contributed by atoms with van der Waals surface area (Å²) in [6.07, 6.45) is 16.1. The molecule has 0 aliphatic heterocycles. The molecule has 0 fully saturated rings. The standard InChI is InChI=1S/C38H54I3N3O5/c1-26(45)43(6)35-32(39)31(33(40)36(34(35)41)44(7)27(2)46)37(48)42-29-24-22-28(23-25-29)20-18-16-14-12-10-8-9-11-13-15-17-19-21-30(47)49-38(3,4)5/h22-25H,8-21H2,1-7H3,(H,42,48). The average Bonchev–Trinajstić information content (AvgIpc) is 3.00. The first kappa shape index (κ1) is 43.7. The highest BCUT2D eigenvalue weighted by atomic mass is 127. The summed E-state index contributed by atoms with van der Waals surface area (Å²) in [4.78, 5) is 53.1. The van der Waals surface area contributed by atoms with Gasteiger partial charge in [-0.05, 0) is 126 Å². The zero-order valence-corrected chi connectivity index (χ0v) is 36.8. The number of carbonyl (C=O) groups is 4. The molecular formula is C38H54I3N3O5. The van der Waals surface area contributed by atoms with Crippen LogP contribution >= 0.6 is 67.8 Å². The van der Waals surface area contributed by atoms with Crippen LogP contribution in [0, 0.1) is 10.7 Å². The molecule has 49 heavy (non-hydrogen) atoms. The van der Waals surface area contributed by atoms with Crippen LogP contribution in [0.1, 0.15) is 134 Å². The summed E-state index contributed by atoms with van der Waals surface area (Å²) in [7, 11) is 3.35. The lowest BCUT2D eigenvalue weighted by Crippen LogP contribution is -2.31. The molecule has 0 atom stereocenters. The maximum absolute atomic E-state index is 13.7. The fraction of sp³-hybridized carbons (Fsp3) is 0.579. The predicted molar refractivity (Wildman–Crippen MR) is 227 cm³/mol. The highest BCUT2D eigenvalue weighted by Gasteiger charge is 2.30. The van der Waals surface area contributed by atoms with Crippen LogP contribution < -0.4 is 15.1 Å².